The van der Waals surface area contributed by atoms with E-state index in [0.717, 1.165) is 5.56 Å². The fraction of sp³-hybridized carbons (Fsp3) is 0.0769. The number of rotatable bonds is 2. The molecule has 1 aromatic heterocycles. The molecule has 1 amide bonds. The van der Waals surface area contributed by atoms with Gasteiger partial charge in [0, 0.05) is 10.0 Å². The largest absolute Gasteiger partial charge is 0.319 e. The molecular weight excluding hydrogens is 386 g/mol. The smallest absolute Gasteiger partial charge is 0.255 e. The van der Waals surface area contributed by atoms with Crippen molar-refractivity contribution < 1.29 is 4.79 Å². The van der Waals surface area contributed by atoms with Crippen molar-refractivity contribution in [3.8, 4) is 0 Å². The van der Waals surface area contributed by atoms with E-state index in [4.69, 9.17) is 34.8 Å². The maximum absolute atomic E-state index is 12.2. The number of hydrogen-bond donors (Lipinski definition) is 1. The molecule has 0 bridgehead atoms. The molecule has 0 spiro atoms. The van der Waals surface area contributed by atoms with Crippen LogP contribution >= 0.6 is 50.7 Å². The minimum Gasteiger partial charge on any atom is -0.319 e. The van der Waals surface area contributed by atoms with Crippen LogP contribution in [0.2, 0.25) is 15.3 Å². The number of aryl methyl sites for hydroxylation is 1. The van der Waals surface area contributed by atoms with Crippen LogP contribution in [0.4, 0.5) is 5.69 Å². The Labute approximate surface area is 139 Å². The third-order valence-electron chi connectivity index (χ3n) is 2.56. The van der Waals surface area contributed by atoms with E-state index in [1.165, 1.54) is 0 Å². The summed E-state index contributed by atoms with van der Waals surface area (Å²) in [7, 11) is 0. The molecule has 2 aromatic rings. The number of nitrogens with one attached hydrogen (secondary N) is 1. The molecular formula is C13H8BrCl3N2O. The Morgan fingerprint density at radius 3 is 2.55 bits per heavy atom. The molecule has 1 heterocycles. The molecule has 0 aliphatic carbocycles. The van der Waals surface area contributed by atoms with E-state index in [9.17, 15) is 4.79 Å². The standard InChI is InChI=1S/C13H8BrCl3N2O/c1-6-4-10(16)18-12(17)11(6)19-13(20)7-2-3-9(15)8(14)5-7/h2-5H,1H3,(H,19,20). The van der Waals surface area contributed by atoms with Gasteiger partial charge in [0.1, 0.15) is 5.15 Å². The molecule has 0 radical (unpaired) electrons. The molecule has 1 aromatic carbocycles. The minimum absolute atomic E-state index is 0.149. The highest BCUT2D eigenvalue weighted by Crippen LogP contribution is 2.28. The number of nitrogens with zero attached hydrogens (tertiary/aromatic N) is 1. The molecule has 0 saturated heterocycles. The number of carbonyl (C=O) groups is 1. The summed E-state index contributed by atoms with van der Waals surface area (Å²) in [5.74, 6) is -0.309. The lowest BCUT2D eigenvalue weighted by molar-refractivity contribution is 0.102. The molecule has 104 valence electrons. The lowest BCUT2D eigenvalue weighted by atomic mass is 10.2. The lowest BCUT2D eigenvalue weighted by Gasteiger charge is -2.10. The molecule has 20 heavy (non-hydrogen) atoms. The molecule has 1 N–H and O–H groups in total. The van der Waals surface area contributed by atoms with Crippen LogP contribution in [-0.4, -0.2) is 10.9 Å². The Balaban J connectivity index is 2.30. The van der Waals surface area contributed by atoms with Gasteiger partial charge < -0.3 is 5.32 Å². The van der Waals surface area contributed by atoms with Crippen molar-refractivity contribution in [1.82, 2.24) is 4.98 Å². The summed E-state index contributed by atoms with van der Waals surface area (Å²) >= 11 is 20.9. The minimum atomic E-state index is -0.309. The number of anilines is 1. The van der Waals surface area contributed by atoms with Crippen molar-refractivity contribution in [2.75, 3.05) is 5.32 Å². The number of pyridine rings is 1. The Morgan fingerprint density at radius 1 is 1.25 bits per heavy atom. The highest BCUT2D eigenvalue weighted by molar-refractivity contribution is 9.10. The summed E-state index contributed by atoms with van der Waals surface area (Å²) in [6.07, 6.45) is 0. The predicted octanol–water partition coefficient (Wildman–Crippen LogP) is 5.37. The first kappa shape index (κ1) is 15.6. The summed E-state index contributed by atoms with van der Waals surface area (Å²) in [5.41, 5.74) is 1.62. The molecule has 0 fully saturated rings. The number of hydrogen-bond acceptors (Lipinski definition) is 2. The third kappa shape index (κ3) is 3.44. The number of halogens is 4. The van der Waals surface area contributed by atoms with Crippen molar-refractivity contribution in [3.05, 3.63) is 55.2 Å². The van der Waals surface area contributed by atoms with E-state index in [-0.39, 0.29) is 16.2 Å². The van der Waals surface area contributed by atoms with Gasteiger partial charge in [-0.15, -0.1) is 0 Å². The SMILES string of the molecule is Cc1cc(Cl)nc(Cl)c1NC(=O)c1ccc(Cl)c(Br)c1. The van der Waals surface area contributed by atoms with Gasteiger partial charge in [0.15, 0.2) is 5.15 Å². The zero-order valence-electron chi connectivity index (χ0n) is 10.2. The first-order chi connectivity index (χ1) is 9.38. The predicted molar refractivity (Wildman–Crippen MR) is 86.1 cm³/mol. The van der Waals surface area contributed by atoms with E-state index in [1.807, 2.05) is 0 Å². The second-order valence-corrected chi connectivity index (χ2v) is 6.02. The second kappa shape index (κ2) is 6.31. The average Bonchev–Trinajstić information content (AvgIpc) is 2.36. The van der Waals surface area contributed by atoms with Gasteiger partial charge in [-0.25, -0.2) is 4.98 Å². The van der Waals surface area contributed by atoms with Crippen molar-refractivity contribution in [2.45, 2.75) is 6.92 Å². The average molecular weight is 394 g/mol. The van der Waals surface area contributed by atoms with Crippen molar-refractivity contribution in [2.24, 2.45) is 0 Å². The van der Waals surface area contributed by atoms with Crippen molar-refractivity contribution in [1.29, 1.82) is 0 Å². The summed E-state index contributed by atoms with van der Waals surface area (Å²) in [5, 5.41) is 3.67. The van der Waals surface area contributed by atoms with Gasteiger partial charge in [-0.2, -0.15) is 0 Å². The van der Waals surface area contributed by atoms with Gasteiger partial charge >= 0.3 is 0 Å². The zero-order valence-corrected chi connectivity index (χ0v) is 14.0. The number of aromatic nitrogens is 1. The van der Waals surface area contributed by atoms with Crippen LogP contribution in [0.1, 0.15) is 15.9 Å². The van der Waals surface area contributed by atoms with E-state index in [1.54, 1.807) is 31.2 Å². The number of carbonyl (C=O) groups excluding carboxylic acids is 1. The van der Waals surface area contributed by atoms with Crippen molar-refractivity contribution >= 4 is 62.3 Å². The molecule has 0 aliphatic heterocycles. The highest BCUT2D eigenvalue weighted by atomic mass is 79.9. The Kier molecular flexibility index (Phi) is 4.91. The lowest BCUT2D eigenvalue weighted by Crippen LogP contribution is -2.13. The number of benzene rings is 1. The van der Waals surface area contributed by atoms with Gasteiger partial charge in [0.05, 0.1) is 10.7 Å². The fourth-order valence-corrected chi connectivity index (χ4v) is 2.64. The van der Waals surface area contributed by atoms with E-state index >= 15 is 0 Å². The first-order valence-corrected chi connectivity index (χ1v) is 7.40. The molecule has 3 nitrogen and oxygen atoms in total. The van der Waals surface area contributed by atoms with Crippen LogP contribution in [0.5, 0.6) is 0 Å². The van der Waals surface area contributed by atoms with E-state index in [2.05, 4.69) is 26.2 Å². The fourth-order valence-electron chi connectivity index (χ4n) is 1.57. The monoisotopic (exact) mass is 392 g/mol. The van der Waals surface area contributed by atoms with Gasteiger partial charge in [0.2, 0.25) is 0 Å². The Hall–Kier alpha value is -0.810. The second-order valence-electron chi connectivity index (χ2n) is 4.01. The highest BCUT2D eigenvalue weighted by Gasteiger charge is 2.13. The molecule has 0 aliphatic rings. The Bertz CT molecular complexity index is 668. The summed E-state index contributed by atoms with van der Waals surface area (Å²) < 4.78 is 0.642. The van der Waals surface area contributed by atoms with Crippen LogP contribution < -0.4 is 5.32 Å². The van der Waals surface area contributed by atoms with Gasteiger partial charge in [0.25, 0.3) is 5.91 Å². The molecule has 7 heteroatoms. The maximum Gasteiger partial charge on any atom is 0.255 e. The maximum atomic E-state index is 12.2. The summed E-state index contributed by atoms with van der Waals surface area (Å²) in [6.45, 7) is 1.78. The van der Waals surface area contributed by atoms with Crippen LogP contribution in [0.25, 0.3) is 0 Å². The van der Waals surface area contributed by atoms with Crippen LogP contribution in [0.15, 0.2) is 28.7 Å². The number of amides is 1. The molecule has 2 rings (SSSR count). The van der Waals surface area contributed by atoms with E-state index < -0.39 is 0 Å². The van der Waals surface area contributed by atoms with Crippen LogP contribution in [-0.2, 0) is 0 Å². The van der Waals surface area contributed by atoms with E-state index in [0.29, 0.717) is 20.7 Å². The topological polar surface area (TPSA) is 42.0 Å². The van der Waals surface area contributed by atoms with Crippen molar-refractivity contribution in [3.63, 3.8) is 0 Å². The van der Waals surface area contributed by atoms with Crippen LogP contribution in [0.3, 0.4) is 0 Å². The molecule has 0 unspecified atom stereocenters. The summed E-state index contributed by atoms with van der Waals surface area (Å²) in [4.78, 5) is 16.1. The normalized spacial score (nSPS) is 10.4. The van der Waals surface area contributed by atoms with Gasteiger partial charge in [-0.1, -0.05) is 34.8 Å². The quantitative estimate of drug-likeness (QED) is 0.696. The summed E-state index contributed by atoms with van der Waals surface area (Å²) in [6, 6.07) is 6.51. The Morgan fingerprint density at radius 2 is 1.95 bits per heavy atom. The third-order valence-corrected chi connectivity index (χ3v) is 4.24. The van der Waals surface area contributed by atoms with Gasteiger partial charge in [-0.3, -0.25) is 4.79 Å². The molecule has 0 saturated carbocycles. The zero-order chi connectivity index (χ0) is 14.9. The van der Waals surface area contributed by atoms with Crippen LogP contribution in [0, 0.1) is 6.92 Å². The molecule has 0 atom stereocenters. The van der Waals surface area contributed by atoms with Gasteiger partial charge in [-0.05, 0) is 52.7 Å². The first-order valence-electron chi connectivity index (χ1n) is 5.47.